The van der Waals surface area contributed by atoms with Crippen LogP contribution < -0.4 is 9.04 Å². The van der Waals surface area contributed by atoms with E-state index in [0.717, 1.165) is 12.1 Å². The Kier molecular flexibility index (Phi) is 6.86. The summed E-state index contributed by atoms with van der Waals surface area (Å²) in [6.07, 6.45) is -8.81. The minimum Gasteiger partial charge on any atom is -0.457 e. The topological polar surface area (TPSA) is 59.5 Å². The van der Waals surface area contributed by atoms with Crippen LogP contribution in [-0.4, -0.2) is 25.3 Å². The molecule has 0 spiro atoms. The molecule has 0 amide bonds. The zero-order chi connectivity index (χ0) is 24.3. The zero-order valence-electron chi connectivity index (χ0n) is 16.6. The molecule has 0 atom stereocenters. The van der Waals surface area contributed by atoms with Gasteiger partial charge >= 0.3 is 12.4 Å². The first-order chi connectivity index (χ1) is 15.4. The summed E-state index contributed by atoms with van der Waals surface area (Å²) in [5, 5.41) is 0. The number of nitrogens with zero attached hydrogens (tertiary/aromatic N) is 2. The Labute approximate surface area is 185 Å². The molecule has 176 valence electrons. The van der Waals surface area contributed by atoms with Crippen LogP contribution in [0.25, 0.3) is 0 Å². The molecule has 3 aromatic rings. The van der Waals surface area contributed by atoms with Crippen LogP contribution in [0, 0.1) is 0 Å². The zero-order valence-corrected chi connectivity index (χ0v) is 17.5. The van der Waals surface area contributed by atoms with Crippen LogP contribution in [0.5, 0.6) is 11.5 Å². The number of benzene rings is 2. The fourth-order valence-corrected chi connectivity index (χ4v) is 4.21. The van der Waals surface area contributed by atoms with E-state index in [1.807, 2.05) is 0 Å². The first kappa shape index (κ1) is 24.4. The molecular weight excluding hydrogens is 474 g/mol. The largest absolute Gasteiger partial charge is 0.457 e. The third-order valence-electron chi connectivity index (χ3n) is 4.24. The van der Waals surface area contributed by atoms with E-state index < -0.39 is 51.7 Å². The Hall–Kier alpha value is -3.28. The van der Waals surface area contributed by atoms with E-state index in [9.17, 15) is 34.8 Å². The molecule has 1 aromatic heterocycles. The average molecular weight is 490 g/mol. The third kappa shape index (κ3) is 6.60. The number of rotatable bonds is 7. The van der Waals surface area contributed by atoms with Gasteiger partial charge in [-0.2, -0.15) is 26.3 Å². The summed E-state index contributed by atoms with van der Waals surface area (Å²) < 4.78 is 111. The summed E-state index contributed by atoms with van der Waals surface area (Å²) in [4.78, 5) is 3.86. The highest BCUT2D eigenvalue weighted by Gasteiger charge is 2.40. The van der Waals surface area contributed by atoms with Gasteiger partial charge in [0.25, 0.3) is 0 Å². The number of pyridine rings is 1. The predicted octanol–water partition coefficient (Wildman–Crippen LogP) is 5.79. The predicted molar refractivity (Wildman–Crippen MR) is 108 cm³/mol. The average Bonchev–Trinajstić information content (AvgIpc) is 2.71. The van der Waals surface area contributed by atoms with E-state index in [2.05, 4.69) is 4.98 Å². The van der Waals surface area contributed by atoms with Crippen molar-refractivity contribution in [3.05, 3.63) is 84.2 Å². The molecule has 0 bridgehead atoms. The highest BCUT2D eigenvalue weighted by Crippen LogP contribution is 2.41. The van der Waals surface area contributed by atoms with Crippen molar-refractivity contribution >= 4 is 15.7 Å². The van der Waals surface area contributed by atoms with Crippen LogP contribution in [0.15, 0.2) is 72.9 Å². The fraction of sp³-hybridized carbons (Fsp3) is 0.190. The number of halogens is 6. The lowest BCUT2D eigenvalue weighted by Crippen LogP contribution is -2.38. The van der Waals surface area contributed by atoms with Gasteiger partial charge in [0.15, 0.2) is 5.75 Å². The second kappa shape index (κ2) is 9.30. The number of sulfonamides is 1. The van der Waals surface area contributed by atoms with Gasteiger partial charge in [0, 0.05) is 6.20 Å². The number of hydrogen-bond acceptors (Lipinski definition) is 4. The standard InChI is InChI=1S/C21H16F6N2O3S/c22-20(23,24)14-33(30,31)29(13-15-6-4-5-11-28-15)16-9-10-19(18(12-16)21(25,26)27)32-17-7-2-1-3-8-17/h1-12H,13-14H2. The Bertz CT molecular complexity index is 1180. The molecular formula is C21H16F6N2O3S. The van der Waals surface area contributed by atoms with Crippen molar-refractivity contribution in [1.29, 1.82) is 0 Å². The van der Waals surface area contributed by atoms with Gasteiger partial charge in [-0.05, 0) is 42.5 Å². The summed E-state index contributed by atoms with van der Waals surface area (Å²) in [6.45, 7) is -0.699. The maximum atomic E-state index is 13.7. The lowest BCUT2D eigenvalue weighted by Gasteiger charge is -2.26. The van der Waals surface area contributed by atoms with Crippen LogP contribution in [0.3, 0.4) is 0 Å². The van der Waals surface area contributed by atoms with Crippen molar-refractivity contribution in [2.75, 3.05) is 10.1 Å². The number of anilines is 1. The summed E-state index contributed by atoms with van der Waals surface area (Å²) >= 11 is 0. The first-order valence-electron chi connectivity index (χ1n) is 9.26. The number of ether oxygens (including phenoxy) is 1. The second-order valence-electron chi connectivity index (χ2n) is 6.79. The molecule has 0 aliphatic carbocycles. The monoisotopic (exact) mass is 490 g/mol. The Morgan fingerprint density at radius 3 is 2.12 bits per heavy atom. The molecule has 0 saturated heterocycles. The van der Waals surface area contributed by atoms with Gasteiger partial charge in [-0.15, -0.1) is 0 Å². The molecule has 5 nitrogen and oxygen atoms in total. The van der Waals surface area contributed by atoms with Gasteiger partial charge < -0.3 is 4.74 Å². The lowest BCUT2D eigenvalue weighted by atomic mass is 10.1. The molecule has 0 aliphatic rings. The van der Waals surface area contributed by atoms with Gasteiger partial charge in [-0.3, -0.25) is 9.29 Å². The van der Waals surface area contributed by atoms with Gasteiger partial charge in [0.05, 0.1) is 17.9 Å². The van der Waals surface area contributed by atoms with E-state index in [4.69, 9.17) is 4.74 Å². The van der Waals surface area contributed by atoms with Crippen molar-refractivity contribution in [3.8, 4) is 11.5 Å². The van der Waals surface area contributed by atoms with Crippen molar-refractivity contribution in [2.45, 2.75) is 18.9 Å². The summed E-state index contributed by atoms with van der Waals surface area (Å²) in [5.41, 5.74) is -1.92. The van der Waals surface area contributed by atoms with E-state index in [0.29, 0.717) is 6.07 Å². The Morgan fingerprint density at radius 2 is 1.55 bits per heavy atom. The van der Waals surface area contributed by atoms with E-state index in [1.54, 1.807) is 6.07 Å². The van der Waals surface area contributed by atoms with Gasteiger partial charge in [-0.25, -0.2) is 8.42 Å². The van der Waals surface area contributed by atoms with Crippen molar-refractivity contribution < 1.29 is 39.5 Å². The second-order valence-corrected chi connectivity index (χ2v) is 8.69. The summed E-state index contributed by atoms with van der Waals surface area (Å²) in [5.74, 6) is -2.80. The van der Waals surface area contributed by atoms with E-state index in [-0.39, 0.29) is 15.7 Å². The van der Waals surface area contributed by atoms with Crippen LogP contribution in [0.1, 0.15) is 11.3 Å². The van der Waals surface area contributed by atoms with Gasteiger partial charge in [0.1, 0.15) is 17.1 Å². The normalized spacial score (nSPS) is 12.4. The van der Waals surface area contributed by atoms with Gasteiger partial charge in [-0.1, -0.05) is 24.3 Å². The smallest absolute Gasteiger partial charge is 0.420 e. The molecule has 3 rings (SSSR count). The maximum Gasteiger partial charge on any atom is 0.420 e. The molecule has 0 aliphatic heterocycles. The molecule has 0 radical (unpaired) electrons. The number of hydrogen-bond donors (Lipinski definition) is 0. The van der Waals surface area contributed by atoms with Gasteiger partial charge in [0.2, 0.25) is 10.0 Å². The number of aromatic nitrogens is 1. The Balaban J connectivity index is 2.09. The molecule has 2 aromatic carbocycles. The van der Waals surface area contributed by atoms with Crippen molar-refractivity contribution in [3.63, 3.8) is 0 Å². The van der Waals surface area contributed by atoms with Crippen LogP contribution in [-0.2, 0) is 22.7 Å². The molecule has 0 unspecified atom stereocenters. The van der Waals surface area contributed by atoms with E-state index in [1.165, 1.54) is 48.7 Å². The highest BCUT2D eigenvalue weighted by atomic mass is 32.2. The first-order valence-corrected chi connectivity index (χ1v) is 10.9. The summed E-state index contributed by atoms with van der Waals surface area (Å²) in [7, 11) is -5.11. The minimum atomic E-state index is -5.11. The fourth-order valence-electron chi connectivity index (χ4n) is 2.87. The molecule has 33 heavy (non-hydrogen) atoms. The van der Waals surface area contributed by atoms with Crippen molar-refractivity contribution in [1.82, 2.24) is 4.98 Å². The molecule has 0 saturated carbocycles. The maximum absolute atomic E-state index is 13.7. The Morgan fingerprint density at radius 1 is 0.879 bits per heavy atom. The van der Waals surface area contributed by atoms with Crippen molar-refractivity contribution in [2.24, 2.45) is 0 Å². The quantitative estimate of drug-likeness (QED) is 0.394. The molecule has 1 heterocycles. The molecule has 0 N–H and O–H groups in total. The highest BCUT2D eigenvalue weighted by molar-refractivity contribution is 7.92. The van der Waals surface area contributed by atoms with Crippen LogP contribution in [0.4, 0.5) is 32.0 Å². The SMILES string of the molecule is O=S(=O)(CC(F)(F)F)N(Cc1ccccn1)c1ccc(Oc2ccccc2)c(C(F)(F)F)c1. The molecule has 0 fully saturated rings. The number of alkyl halides is 6. The van der Waals surface area contributed by atoms with Crippen LogP contribution >= 0.6 is 0 Å². The minimum absolute atomic E-state index is 0.0430. The van der Waals surface area contributed by atoms with E-state index >= 15 is 0 Å². The molecule has 12 heteroatoms. The van der Waals surface area contributed by atoms with Crippen LogP contribution in [0.2, 0.25) is 0 Å². The lowest BCUT2D eigenvalue weighted by molar-refractivity contribution is -0.138. The third-order valence-corrected chi connectivity index (χ3v) is 5.94. The summed E-state index contributed by atoms with van der Waals surface area (Å²) in [6, 6.07) is 14.1. The number of para-hydroxylation sites is 1.